The van der Waals surface area contributed by atoms with Crippen LogP contribution in [-0.2, 0) is 0 Å². The number of piperazine rings is 1. The van der Waals surface area contributed by atoms with Crippen LogP contribution in [0.5, 0.6) is 0 Å². The van der Waals surface area contributed by atoms with E-state index in [9.17, 15) is 9.59 Å². The van der Waals surface area contributed by atoms with Crippen molar-refractivity contribution in [2.24, 2.45) is 0 Å². The van der Waals surface area contributed by atoms with Crippen molar-refractivity contribution in [1.29, 1.82) is 0 Å². The first-order valence-corrected chi connectivity index (χ1v) is 10.8. The summed E-state index contributed by atoms with van der Waals surface area (Å²) in [6.45, 7) is 4.64. The van der Waals surface area contributed by atoms with Gasteiger partial charge in [0.1, 0.15) is 0 Å². The lowest BCUT2D eigenvalue weighted by molar-refractivity contribution is 0.0746. The number of anilines is 1. The van der Waals surface area contributed by atoms with Crippen LogP contribution in [0.4, 0.5) is 10.5 Å². The standard InChI is InChI=1S/C24H30N4O2/c1-25-24(30)28-12-6-9-21(18-28)19-7-5-8-20(17-19)23(29)27-15-13-26(14-16-27)22-10-3-2-4-11-22/h2-5,7-8,10-11,17,21H,6,9,12-16,18H2,1H3,(H,25,30). The Labute approximate surface area is 178 Å². The first-order valence-electron chi connectivity index (χ1n) is 10.8. The Morgan fingerprint density at radius 2 is 1.67 bits per heavy atom. The molecule has 2 aliphatic heterocycles. The van der Waals surface area contributed by atoms with Crippen molar-refractivity contribution in [2.45, 2.75) is 18.8 Å². The summed E-state index contributed by atoms with van der Waals surface area (Å²) in [5, 5.41) is 2.72. The molecule has 6 nitrogen and oxygen atoms in total. The minimum Gasteiger partial charge on any atom is -0.368 e. The van der Waals surface area contributed by atoms with Gasteiger partial charge in [0.15, 0.2) is 0 Å². The highest BCUT2D eigenvalue weighted by Gasteiger charge is 2.26. The summed E-state index contributed by atoms with van der Waals surface area (Å²) in [6, 6.07) is 18.3. The largest absolute Gasteiger partial charge is 0.368 e. The van der Waals surface area contributed by atoms with Gasteiger partial charge >= 0.3 is 6.03 Å². The Kier molecular flexibility index (Phi) is 6.21. The van der Waals surface area contributed by atoms with Gasteiger partial charge in [-0.25, -0.2) is 4.79 Å². The summed E-state index contributed by atoms with van der Waals surface area (Å²) in [5.74, 6) is 0.377. The third kappa shape index (κ3) is 4.42. The van der Waals surface area contributed by atoms with Crippen LogP contribution in [-0.4, -0.2) is 68.1 Å². The number of rotatable bonds is 3. The van der Waals surface area contributed by atoms with E-state index in [2.05, 4.69) is 40.5 Å². The van der Waals surface area contributed by atoms with Crippen LogP contribution in [0.1, 0.15) is 34.7 Å². The Morgan fingerprint density at radius 1 is 0.900 bits per heavy atom. The van der Waals surface area contributed by atoms with Crippen molar-refractivity contribution in [3.05, 3.63) is 65.7 Å². The van der Waals surface area contributed by atoms with Gasteiger partial charge in [-0.05, 0) is 42.7 Å². The van der Waals surface area contributed by atoms with Crippen molar-refractivity contribution in [2.75, 3.05) is 51.2 Å². The second-order valence-electron chi connectivity index (χ2n) is 8.08. The van der Waals surface area contributed by atoms with E-state index >= 15 is 0 Å². The third-order valence-corrected chi connectivity index (χ3v) is 6.22. The molecule has 6 heteroatoms. The molecule has 1 N–H and O–H groups in total. The van der Waals surface area contributed by atoms with Gasteiger partial charge in [0.25, 0.3) is 5.91 Å². The number of hydrogen-bond acceptors (Lipinski definition) is 3. The minimum atomic E-state index is -0.0248. The molecular formula is C24H30N4O2. The van der Waals surface area contributed by atoms with Crippen LogP contribution in [0.2, 0.25) is 0 Å². The Bertz CT molecular complexity index is 878. The van der Waals surface area contributed by atoms with Gasteiger partial charge in [-0.2, -0.15) is 0 Å². The van der Waals surface area contributed by atoms with E-state index < -0.39 is 0 Å². The first kappa shape index (κ1) is 20.3. The van der Waals surface area contributed by atoms with E-state index in [0.717, 1.165) is 56.7 Å². The van der Waals surface area contributed by atoms with Gasteiger partial charge in [0.05, 0.1) is 0 Å². The van der Waals surface area contributed by atoms with E-state index in [4.69, 9.17) is 0 Å². The molecule has 0 aromatic heterocycles. The van der Waals surface area contributed by atoms with E-state index in [1.165, 1.54) is 5.69 Å². The lowest BCUT2D eigenvalue weighted by Crippen LogP contribution is -2.48. The zero-order valence-electron chi connectivity index (χ0n) is 17.6. The summed E-state index contributed by atoms with van der Waals surface area (Å²) in [6.07, 6.45) is 2.03. The third-order valence-electron chi connectivity index (χ3n) is 6.22. The molecule has 0 spiro atoms. The molecule has 0 radical (unpaired) electrons. The van der Waals surface area contributed by atoms with E-state index in [1.54, 1.807) is 7.05 Å². The van der Waals surface area contributed by atoms with Crippen LogP contribution in [0.3, 0.4) is 0 Å². The number of hydrogen-bond donors (Lipinski definition) is 1. The fourth-order valence-electron chi connectivity index (χ4n) is 4.51. The Morgan fingerprint density at radius 3 is 2.40 bits per heavy atom. The maximum Gasteiger partial charge on any atom is 0.317 e. The van der Waals surface area contributed by atoms with Gasteiger partial charge < -0.3 is 20.0 Å². The van der Waals surface area contributed by atoms with Crippen LogP contribution < -0.4 is 10.2 Å². The van der Waals surface area contributed by atoms with Gasteiger partial charge in [-0.3, -0.25) is 4.79 Å². The molecule has 158 valence electrons. The number of likely N-dealkylation sites (tertiary alicyclic amines) is 1. The summed E-state index contributed by atoms with van der Waals surface area (Å²) in [4.78, 5) is 31.3. The zero-order valence-corrected chi connectivity index (χ0v) is 17.6. The zero-order chi connectivity index (χ0) is 20.9. The van der Waals surface area contributed by atoms with Crippen molar-refractivity contribution in [1.82, 2.24) is 15.1 Å². The summed E-state index contributed by atoms with van der Waals surface area (Å²) in [5.41, 5.74) is 3.11. The molecule has 2 aromatic carbocycles. The number of carbonyl (C=O) groups excluding carboxylic acids is 2. The molecule has 2 aromatic rings. The normalized spacial score (nSPS) is 19.5. The van der Waals surface area contributed by atoms with Gasteiger partial charge in [-0.15, -0.1) is 0 Å². The van der Waals surface area contributed by atoms with Gasteiger partial charge in [0.2, 0.25) is 0 Å². The highest BCUT2D eigenvalue weighted by Crippen LogP contribution is 2.28. The number of piperidine rings is 1. The van der Waals surface area contributed by atoms with Crippen molar-refractivity contribution in [3.8, 4) is 0 Å². The lowest BCUT2D eigenvalue weighted by Gasteiger charge is -2.36. The van der Waals surface area contributed by atoms with E-state index in [1.807, 2.05) is 34.1 Å². The maximum absolute atomic E-state index is 13.1. The number of urea groups is 1. The SMILES string of the molecule is CNC(=O)N1CCCC(c2cccc(C(=O)N3CCN(c4ccccc4)CC3)c2)C1. The van der Waals surface area contributed by atoms with Crippen LogP contribution in [0.25, 0.3) is 0 Å². The van der Waals surface area contributed by atoms with Crippen LogP contribution >= 0.6 is 0 Å². The number of para-hydroxylation sites is 1. The van der Waals surface area contributed by atoms with Gasteiger partial charge in [-0.1, -0.05) is 30.3 Å². The van der Waals surface area contributed by atoms with Crippen LogP contribution in [0.15, 0.2) is 54.6 Å². The second-order valence-corrected chi connectivity index (χ2v) is 8.08. The number of benzene rings is 2. The molecule has 2 fully saturated rings. The van der Waals surface area contributed by atoms with Crippen molar-refractivity contribution < 1.29 is 9.59 Å². The number of nitrogens with zero attached hydrogens (tertiary/aromatic N) is 3. The molecule has 0 aliphatic carbocycles. The Balaban J connectivity index is 1.40. The van der Waals surface area contributed by atoms with Crippen molar-refractivity contribution >= 4 is 17.6 Å². The van der Waals surface area contributed by atoms with Crippen LogP contribution in [0, 0.1) is 0 Å². The molecule has 4 rings (SSSR count). The number of carbonyl (C=O) groups is 2. The van der Waals surface area contributed by atoms with Crippen molar-refractivity contribution in [3.63, 3.8) is 0 Å². The molecule has 2 saturated heterocycles. The molecule has 1 unspecified atom stereocenters. The number of nitrogens with one attached hydrogen (secondary N) is 1. The average molecular weight is 407 g/mol. The molecule has 2 aliphatic rings. The smallest absolute Gasteiger partial charge is 0.317 e. The highest BCUT2D eigenvalue weighted by molar-refractivity contribution is 5.94. The molecule has 2 heterocycles. The minimum absolute atomic E-state index is 0.0248. The maximum atomic E-state index is 13.1. The molecular weight excluding hydrogens is 376 g/mol. The molecule has 3 amide bonds. The fourth-order valence-corrected chi connectivity index (χ4v) is 4.51. The quantitative estimate of drug-likeness (QED) is 0.852. The van der Waals surface area contributed by atoms with E-state index in [-0.39, 0.29) is 17.9 Å². The summed E-state index contributed by atoms with van der Waals surface area (Å²) >= 11 is 0. The summed E-state index contributed by atoms with van der Waals surface area (Å²) < 4.78 is 0. The topological polar surface area (TPSA) is 55.9 Å². The first-order chi connectivity index (χ1) is 14.7. The molecule has 1 atom stereocenters. The summed E-state index contributed by atoms with van der Waals surface area (Å²) in [7, 11) is 1.67. The molecule has 0 bridgehead atoms. The average Bonchev–Trinajstić information content (AvgIpc) is 2.84. The molecule has 0 saturated carbocycles. The second kappa shape index (κ2) is 9.20. The predicted molar refractivity (Wildman–Crippen MR) is 119 cm³/mol. The predicted octanol–water partition coefficient (Wildman–Crippen LogP) is 3.17. The number of amides is 3. The molecule has 30 heavy (non-hydrogen) atoms. The highest BCUT2D eigenvalue weighted by atomic mass is 16.2. The lowest BCUT2D eigenvalue weighted by atomic mass is 9.89. The van der Waals surface area contributed by atoms with E-state index in [0.29, 0.717) is 6.54 Å². The fraction of sp³-hybridized carbons (Fsp3) is 0.417. The Hall–Kier alpha value is -3.02. The monoisotopic (exact) mass is 406 g/mol. The van der Waals surface area contributed by atoms with Gasteiger partial charge in [0, 0.05) is 63.5 Å².